The van der Waals surface area contributed by atoms with E-state index in [1.165, 1.54) is 5.56 Å². The lowest BCUT2D eigenvalue weighted by Gasteiger charge is -2.32. The van der Waals surface area contributed by atoms with E-state index < -0.39 is 0 Å². The number of amides is 1. The second-order valence-corrected chi connectivity index (χ2v) is 8.82. The first kappa shape index (κ1) is 18.4. The highest BCUT2D eigenvalue weighted by Crippen LogP contribution is 2.43. The molecular weight excluding hydrogens is 310 g/mol. The van der Waals surface area contributed by atoms with Crippen molar-refractivity contribution in [1.29, 1.82) is 0 Å². The Balaban J connectivity index is 1.69. The Morgan fingerprint density at radius 2 is 1.92 bits per heavy atom. The van der Waals surface area contributed by atoms with Gasteiger partial charge < -0.3 is 9.80 Å². The summed E-state index contributed by atoms with van der Waals surface area (Å²) in [5, 5.41) is 0. The molecular formula is C21H33N3O. The molecule has 2 saturated heterocycles. The van der Waals surface area contributed by atoms with Crippen LogP contribution in [-0.2, 0) is 11.3 Å². The molecule has 0 spiro atoms. The predicted octanol–water partition coefficient (Wildman–Crippen LogP) is 2.55. The molecule has 4 heteroatoms. The van der Waals surface area contributed by atoms with Gasteiger partial charge in [-0.05, 0) is 31.5 Å². The van der Waals surface area contributed by atoms with Gasteiger partial charge in [-0.3, -0.25) is 9.69 Å². The first-order chi connectivity index (χ1) is 11.9. The molecule has 25 heavy (non-hydrogen) atoms. The molecule has 0 radical (unpaired) electrons. The quantitative estimate of drug-likeness (QED) is 0.794. The molecule has 4 nitrogen and oxygen atoms in total. The summed E-state index contributed by atoms with van der Waals surface area (Å²) in [5.74, 6) is 1.37. The fraction of sp³-hybridized carbons (Fsp3) is 0.667. The van der Waals surface area contributed by atoms with Crippen LogP contribution in [0.2, 0.25) is 0 Å². The molecule has 0 saturated carbocycles. The lowest BCUT2D eigenvalue weighted by molar-refractivity contribution is -0.131. The predicted molar refractivity (Wildman–Crippen MR) is 102 cm³/mol. The SMILES string of the molecule is CC(C)CC(=O)N1C[C@H]2CN(Cc3ccccc3)C[C@@]2(CN(C)C)C1. The Bertz CT molecular complexity index is 586. The van der Waals surface area contributed by atoms with E-state index in [2.05, 4.69) is 73.0 Å². The van der Waals surface area contributed by atoms with Crippen LogP contribution in [0, 0.1) is 17.3 Å². The largest absolute Gasteiger partial charge is 0.342 e. The molecule has 2 aliphatic heterocycles. The van der Waals surface area contributed by atoms with E-state index in [0.29, 0.717) is 24.2 Å². The van der Waals surface area contributed by atoms with E-state index >= 15 is 0 Å². The molecule has 2 aliphatic rings. The van der Waals surface area contributed by atoms with Crippen molar-refractivity contribution in [3.8, 4) is 0 Å². The minimum absolute atomic E-state index is 0.227. The molecule has 1 aromatic carbocycles. The van der Waals surface area contributed by atoms with Gasteiger partial charge in [-0.25, -0.2) is 0 Å². The molecule has 138 valence electrons. The minimum atomic E-state index is 0.227. The molecule has 2 fully saturated rings. The number of hydrogen-bond acceptors (Lipinski definition) is 3. The number of carbonyl (C=O) groups is 1. The average Bonchev–Trinajstić information content (AvgIpc) is 2.99. The van der Waals surface area contributed by atoms with E-state index in [1.54, 1.807) is 0 Å². The number of fused-ring (bicyclic) bond motifs is 1. The second kappa shape index (κ2) is 7.46. The van der Waals surface area contributed by atoms with Crippen molar-refractivity contribution in [2.75, 3.05) is 46.8 Å². The minimum Gasteiger partial charge on any atom is -0.342 e. The molecule has 0 unspecified atom stereocenters. The Morgan fingerprint density at radius 1 is 1.20 bits per heavy atom. The van der Waals surface area contributed by atoms with Gasteiger partial charge in [0.2, 0.25) is 5.91 Å². The van der Waals surface area contributed by atoms with Crippen LogP contribution in [0.15, 0.2) is 30.3 Å². The molecule has 1 amide bonds. The number of hydrogen-bond donors (Lipinski definition) is 0. The van der Waals surface area contributed by atoms with Gasteiger partial charge in [0.15, 0.2) is 0 Å². The van der Waals surface area contributed by atoms with Crippen LogP contribution in [0.5, 0.6) is 0 Å². The highest BCUT2D eigenvalue weighted by molar-refractivity contribution is 5.76. The number of rotatable bonds is 6. The summed E-state index contributed by atoms with van der Waals surface area (Å²) in [4.78, 5) is 19.6. The third-order valence-electron chi connectivity index (χ3n) is 5.65. The van der Waals surface area contributed by atoms with Crippen molar-refractivity contribution in [1.82, 2.24) is 14.7 Å². The zero-order chi connectivity index (χ0) is 18.0. The Kier molecular flexibility index (Phi) is 5.49. The maximum absolute atomic E-state index is 12.6. The van der Waals surface area contributed by atoms with Crippen molar-refractivity contribution >= 4 is 5.91 Å². The summed E-state index contributed by atoms with van der Waals surface area (Å²) in [6.07, 6.45) is 0.679. The second-order valence-electron chi connectivity index (χ2n) is 8.82. The first-order valence-electron chi connectivity index (χ1n) is 9.57. The van der Waals surface area contributed by atoms with Crippen LogP contribution in [0.3, 0.4) is 0 Å². The van der Waals surface area contributed by atoms with Gasteiger partial charge in [-0.1, -0.05) is 44.2 Å². The van der Waals surface area contributed by atoms with Gasteiger partial charge in [-0.15, -0.1) is 0 Å². The molecule has 0 N–H and O–H groups in total. The van der Waals surface area contributed by atoms with E-state index in [4.69, 9.17) is 0 Å². The summed E-state index contributed by atoms with van der Waals surface area (Å²) in [6, 6.07) is 10.7. The van der Waals surface area contributed by atoms with E-state index in [1.807, 2.05) is 0 Å². The topological polar surface area (TPSA) is 26.8 Å². The highest BCUT2D eigenvalue weighted by atomic mass is 16.2. The van der Waals surface area contributed by atoms with Crippen LogP contribution in [-0.4, -0.2) is 67.4 Å². The normalized spacial score (nSPS) is 26.6. The summed E-state index contributed by atoms with van der Waals surface area (Å²) >= 11 is 0. The number of likely N-dealkylation sites (tertiary alicyclic amines) is 2. The molecule has 0 aliphatic carbocycles. The fourth-order valence-corrected chi connectivity index (χ4v) is 4.77. The zero-order valence-corrected chi connectivity index (χ0v) is 16.2. The summed E-state index contributed by atoms with van der Waals surface area (Å²) in [5.41, 5.74) is 1.61. The van der Waals surface area contributed by atoms with Gasteiger partial charge in [-0.2, -0.15) is 0 Å². The van der Waals surface area contributed by atoms with Crippen molar-refractivity contribution in [2.24, 2.45) is 17.3 Å². The van der Waals surface area contributed by atoms with Crippen molar-refractivity contribution in [3.05, 3.63) is 35.9 Å². The van der Waals surface area contributed by atoms with Gasteiger partial charge in [0.1, 0.15) is 0 Å². The van der Waals surface area contributed by atoms with Gasteiger partial charge in [0.05, 0.1) is 0 Å². The lowest BCUT2D eigenvalue weighted by atomic mass is 9.80. The summed E-state index contributed by atoms with van der Waals surface area (Å²) in [7, 11) is 4.31. The molecule has 2 heterocycles. The smallest absolute Gasteiger partial charge is 0.222 e. The maximum Gasteiger partial charge on any atom is 0.222 e. The van der Waals surface area contributed by atoms with Crippen LogP contribution in [0.4, 0.5) is 0 Å². The molecule has 2 atom stereocenters. The lowest BCUT2D eigenvalue weighted by Crippen LogP contribution is -2.43. The third-order valence-corrected chi connectivity index (χ3v) is 5.65. The number of nitrogens with zero attached hydrogens (tertiary/aromatic N) is 3. The highest BCUT2D eigenvalue weighted by Gasteiger charge is 2.53. The van der Waals surface area contributed by atoms with E-state index in [-0.39, 0.29) is 5.41 Å². The molecule has 1 aromatic rings. The summed E-state index contributed by atoms with van der Waals surface area (Å²) in [6.45, 7) is 10.4. The molecule has 3 rings (SSSR count). The van der Waals surface area contributed by atoms with E-state index in [9.17, 15) is 4.79 Å². The Morgan fingerprint density at radius 3 is 2.56 bits per heavy atom. The van der Waals surface area contributed by atoms with Crippen molar-refractivity contribution < 1.29 is 4.79 Å². The standard InChI is InChI=1S/C21H33N3O/c1-17(2)10-20(25)24-13-19-12-23(11-18-8-6-5-7-9-18)15-21(19,16-24)14-22(3)4/h5-9,17,19H,10-16H2,1-4H3/t19-,21+/m1/s1. The fourth-order valence-electron chi connectivity index (χ4n) is 4.77. The Hall–Kier alpha value is -1.39. The zero-order valence-electron chi connectivity index (χ0n) is 16.2. The van der Waals surface area contributed by atoms with Crippen molar-refractivity contribution in [3.63, 3.8) is 0 Å². The third kappa shape index (κ3) is 4.24. The molecule has 0 aromatic heterocycles. The van der Waals surface area contributed by atoms with Crippen LogP contribution >= 0.6 is 0 Å². The first-order valence-corrected chi connectivity index (χ1v) is 9.57. The number of carbonyl (C=O) groups excluding carboxylic acids is 1. The average molecular weight is 344 g/mol. The van der Waals surface area contributed by atoms with Crippen LogP contribution < -0.4 is 0 Å². The van der Waals surface area contributed by atoms with Gasteiger partial charge in [0, 0.05) is 51.1 Å². The van der Waals surface area contributed by atoms with Gasteiger partial charge in [0.25, 0.3) is 0 Å². The van der Waals surface area contributed by atoms with E-state index in [0.717, 1.165) is 39.3 Å². The molecule has 0 bridgehead atoms. The number of benzene rings is 1. The van der Waals surface area contributed by atoms with Crippen LogP contribution in [0.1, 0.15) is 25.8 Å². The maximum atomic E-state index is 12.6. The van der Waals surface area contributed by atoms with Crippen molar-refractivity contribution in [2.45, 2.75) is 26.8 Å². The summed E-state index contributed by atoms with van der Waals surface area (Å²) < 4.78 is 0. The monoisotopic (exact) mass is 343 g/mol. The van der Waals surface area contributed by atoms with Crippen LogP contribution in [0.25, 0.3) is 0 Å². The van der Waals surface area contributed by atoms with Gasteiger partial charge >= 0.3 is 0 Å². The Labute approximate surface area is 152 Å².